The zero-order valence-electron chi connectivity index (χ0n) is 9.93. The Hall–Kier alpha value is -0.240. The van der Waals surface area contributed by atoms with Gasteiger partial charge in [-0.3, -0.25) is 4.79 Å². The summed E-state index contributed by atoms with van der Waals surface area (Å²) in [6, 6.07) is -0.980. The van der Waals surface area contributed by atoms with Gasteiger partial charge in [-0.1, -0.05) is 0 Å². The van der Waals surface area contributed by atoms with Crippen molar-refractivity contribution in [3.8, 4) is 0 Å². The molecule has 8 heteroatoms. The van der Waals surface area contributed by atoms with Crippen molar-refractivity contribution in [2.45, 2.75) is 31.7 Å². The van der Waals surface area contributed by atoms with Gasteiger partial charge in [-0.2, -0.15) is 0 Å². The van der Waals surface area contributed by atoms with Crippen LogP contribution in [-0.2, 0) is 19.1 Å². The Balaban J connectivity index is 0.00000289. The Labute approximate surface area is 132 Å². The van der Waals surface area contributed by atoms with Gasteiger partial charge in [0.05, 0.1) is 6.61 Å². The number of nitrogens with zero attached hydrogens (tertiary/aromatic N) is 1. The van der Waals surface area contributed by atoms with E-state index in [1.807, 2.05) is 0 Å². The maximum atomic E-state index is 11.8. The fraction of sp³-hybridized carbons (Fsp3) is 0.700. The molecule has 1 N–H and O–H groups in total. The molecule has 6 nitrogen and oxygen atoms in total. The topological polar surface area (TPSA) is 83.9 Å². The predicted octanol–water partition coefficient (Wildman–Crippen LogP) is -0.334. The first-order valence-corrected chi connectivity index (χ1v) is 6.17. The summed E-state index contributed by atoms with van der Waals surface area (Å²) < 4.78 is 4.89. The average Bonchev–Trinajstić information content (AvgIpc) is 2.58. The Morgan fingerprint density at radius 2 is 2.06 bits per heavy atom. The summed E-state index contributed by atoms with van der Waals surface area (Å²) in [5, 5.41) is 9.02. The van der Waals surface area contributed by atoms with Crippen LogP contribution in [0.2, 0.25) is 0 Å². The van der Waals surface area contributed by atoms with Crippen LogP contribution in [0, 0.1) is 0 Å². The number of ether oxygens (including phenoxy) is 1. The van der Waals surface area contributed by atoms with E-state index in [0.717, 1.165) is 16.7 Å². The van der Waals surface area contributed by atoms with Gasteiger partial charge in [-0.05, 0) is 13.8 Å². The number of carboxylic acids is 1. The zero-order valence-corrected chi connectivity index (χ0v) is 10.7. The van der Waals surface area contributed by atoms with Gasteiger partial charge < -0.3 is 14.7 Å². The van der Waals surface area contributed by atoms with Crippen LogP contribution in [0.5, 0.6) is 0 Å². The molecule has 0 aromatic rings. The van der Waals surface area contributed by atoms with Gasteiger partial charge in [0.1, 0.15) is 6.04 Å². The molecule has 1 aliphatic rings. The fourth-order valence-electron chi connectivity index (χ4n) is 1.81. The number of aliphatic carboxylic acids is 1. The van der Waals surface area contributed by atoms with Crippen LogP contribution < -0.4 is 0 Å². The second-order valence-corrected chi connectivity index (χ2v) is 5.17. The first-order chi connectivity index (χ1) is 7.84. The first-order valence-electron chi connectivity index (χ1n) is 5.18. The quantitative estimate of drug-likeness (QED) is 0.564. The molecule has 0 aliphatic carbocycles. The van der Waals surface area contributed by atoms with Gasteiger partial charge >= 0.3 is 41.5 Å². The Morgan fingerprint density at radius 3 is 2.44 bits per heavy atom. The molecule has 2 atom stereocenters. The number of hydrogen-bond donors (Lipinski definition) is 1. The summed E-state index contributed by atoms with van der Waals surface area (Å²) in [7, 11) is 0. The molecular formula is C10H16NNaO5S. The Bertz CT molecular complexity index is 364. The Morgan fingerprint density at radius 1 is 1.50 bits per heavy atom. The van der Waals surface area contributed by atoms with Crippen LogP contribution >= 0.6 is 11.8 Å². The molecular weight excluding hydrogens is 269 g/mol. The average molecular weight is 285 g/mol. The van der Waals surface area contributed by atoms with Crippen LogP contribution in [0.3, 0.4) is 0 Å². The minimum absolute atomic E-state index is 0. The first kappa shape index (κ1) is 17.8. The normalized spacial score (nSPS) is 26.4. The van der Waals surface area contributed by atoms with E-state index in [9.17, 15) is 14.4 Å². The van der Waals surface area contributed by atoms with Gasteiger partial charge in [0.15, 0.2) is 4.87 Å². The molecule has 0 radical (unpaired) electrons. The van der Waals surface area contributed by atoms with Crippen molar-refractivity contribution in [1.82, 2.24) is 4.90 Å². The van der Waals surface area contributed by atoms with Crippen molar-refractivity contribution >= 4 is 59.2 Å². The summed E-state index contributed by atoms with van der Waals surface area (Å²) >= 11 is 1.12. The SMILES string of the molecule is CCOC(=O)C1(C)SCC(C(=O)O)N1C(C)=O.[NaH]. The van der Waals surface area contributed by atoms with Gasteiger partial charge in [0, 0.05) is 12.7 Å². The van der Waals surface area contributed by atoms with E-state index in [0.29, 0.717) is 0 Å². The van der Waals surface area contributed by atoms with Crippen molar-refractivity contribution in [3.05, 3.63) is 0 Å². The molecule has 1 heterocycles. The van der Waals surface area contributed by atoms with E-state index < -0.39 is 28.8 Å². The summed E-state index contributed by atoms with van der Waals surface area (Å²) in [4.78, 5) is 34.2. The monoisotopic (exact) mass is 285 g/mol. The van der Waals surface area contributed by atoms with Crippen LogP contribution in [0.15, 0.2) is 0 Å². The molecule has 1 fully saturated rings. The van der Waals surface area contributed by atoms with E-state index in [1.165, 1.54) is 13.8 Å². The second-order valence-electron chi connectivity index (χ2n) is 3.76. The molecule has 98 valence electrons. The van der Waals surface area contributed by atoms with Crippen LogP contribution in [-0.4, -0.2) is 80.7 Å². The van der Waals surface area contributed by atoms with Gasteiger partial charge in [-0.15, -0.1) is 11.8 Å². The summed E-state index contributed by atoms with van der Waals surface area (Å²) in [5.74, 6) is -1.95. The van der Waals surface area contributed by atoms with E-state index in [-0.39, 0.29) is 41.9 Å². The number of hydrogen-bond acceptors (Lipinski definition) is 5. The number of carbonyl (C=O) groups excluding carboxylic acids is 2. The fourth-order valence-corrected chi connectivity index (χ4v) is 3.15. The zero-order chi connectivity index (χ0) is 13.2. The number of esters is 1. The van der Waals surface area contributed by atoms with Gasteiger partial charge in [0.25, 0.3) is 0 Å². The molecule has 2 unspecified atom stereocenters. The molecule has 18 heavy (non-hydrogen) atoms. The number of amides is 1. The molecule has 1 saturated heterocycles. The molecule has 1 rings (SSSR count). The van der Waals surface area contributed by atoms with E-state index in [2.05, 4.69) is 0 Å². The van der Waals surface area contributed by atoms with E-state index in [4.69, 9.17) is 9.84 Å². The maximum absolute atomic E-state index is 11.8. The van der Waals surface area contributed by atoms with E-state index in [1.54, 1.807) is 6.92 Å². The summed E-state index contributed by atoms with van der Waals surface area (Å²) in [6.45, 7) is 4.62. The number of thioether (sulfide) groups is 1. The molecule has 1 amide bonds. The number of carboxylic acid groups (broad SMARTS) is 1. The van der Waals surface area contributed by atoms with Crippen LogP contribution in [0.4, 0.5) is 0 Å². The molecule has 0 aromatic carbocycles. The van der Waals surface area contributed by atoms with E-state index >= 15 is 0 Å². The third-order valence-electron chi connectivity index (χ3n) is 2.57. The second kappa shape index (κ2) is 6.79. The molecule has 0 spiro atoms. The standard InChI is InChI=1S/C10H15NO5S.Na.H/c1-4-16-9(15)10(3)11(6(2)12)7(5-17-10)8(13)14;;/h7H,4-5H2,1-3H3,(H,13,14);;. The molecule has 0 aromatic heterocycles. The van der Waals surface area contributed by atoms with Crippen molar-refractivity contribution in [1.29, 1.82) is 0 Å². The molecule has 1 aliphatic heterocycles. The van der Waals surface area contributed by atoms with Crippen molar-refractivity contribution in [3.63, 3.8) is 0 Å². The Kier molecular flexibility index (Phi) is 6.70. The number of carbonyl (C=O) groups is 3. The third kappa shape index (κ3) is 3.20. The van der Waals surface area contributed by atoms with Crippen molar-refractivity contribution < 1.29 is 24.2 Å². The molecule has 0 bridgehead atoms. The van der Waals surface area contributed by atoms with Crippen molar-refractivity contribution in [2.75, 3.05) is 12.4 Å². The van der Waals surface area contributed by atoms with Crippen LogP contribution in [0.1, 0.15) is 20.8 Å². The minimum atomic E-state index is -1.25. The van der Waals surface area contributed by atoms with Crippen molar-refractivity contribution in [2.24, 2.45) is 0 Å². The summed E-state index contributed by atoms with van der Waals surface area (Å²) in [6.07, 6.45) is 0. The predicted molar refractivity (Wildman–Crippen MR) is 68.6 cm³/mol. The third-order valence-corrected chi connectivity index (χ3v) is 3.98. The summed E-state index contributed by atoms with van der Waals surface area (Å²) in [5.41, 5.74) is 0. The van der Waals surface area contributed by atoms with Gasteiger partial charge in [-0.25, -0.2) is 9.59 Å². The van der Waals surface area contributed by atoms with Crippen LogP contribution in [0.25, 0.3) is 0 Å². The number of rotatable bonds is 3. The van der Waals surface area contributed by atoms with Gasteiger partial charge in [0.2, 0.25) is 5.91 Å². The molecule has 0 saturated carbocycles.